The van der Waals surface area contributed by atoms with Gasteiger partial charge in [-0.2, -0.15) is 5.26 Å². The lowest BCUT2D eigenvalue weighted by molar-refractivity contribution is -0.122. The monoisotopic (exact) mass is 587 g/mol. The zero-order chi connectivity index (χ0) is 30.4. The fourth-order valence-corrected chi connectivity index (χ4v) is 8.29. The number of ether oxygens (including phenoxy) is 2. The Bertz CT molecular complexity index is 1700. The standard InChI is InChI=1S/C36H33N3O5/c1-43-32-16-22(6-11-31(32)44-21-27-5-3-2-4-26(27)20-37)15-30-33(40)38-35(42)39(34(30)41)29-9-7-28(8-10-29)36-17-23-12-24(18-36)14-25(13-23)19-36/h2-11,15-16,23-25H,12-14,17-19,21H2,1H3,(H,38,40,42)/b30-15+. The third-order valence-corrected chi connectivity index (χ3v) is 9.90. The van der Waals surface area contributed by atoms with Gasteiger partial charge in [-0.05, 0) is 109 Å². The molecule has 1 aliphatic heterocycles. The number of amides is 4. The summed E-state index contributed by atoms with van der Waals surface area (Å²) in [6, 6.07) is 21.4. The second-order valence-corrected chi connectivity index (χ2v) is 12.7. The summed E-state index contributed by atoms with van der Waals surface area (Å²) in [6.07, 6.45) is 9.21. The molecule has 4 bridgehead atoms. The van der Waals surface area contributed by atoms with Crippen molar-refractivity contribution in [3.8, 4) is 17.6 Å². The Hall–Kier alpha value is -4.90. The maximum Gasteiger partial charge on any atom is 0.335 e. The highest BCUT2D eigenvalue weighted by atomic mass is 16.5. The SMILES string of the molecule is COc1cc(/C=C2\C(=O)NC(=O)N(c3ccc(C45CC6CC(CC(C6)C4)C5)cc3)C2=O)ccc1OCc1ccccc1C#N. The van der Waals surface area contributed by atoms with Gasteiger partial charge in [-0.1, -0.05) is 36.4 Å². The first kappa shape index (κ1) is 27.9. The topological polar surface area (TPSA) is 109 Å². The van der Waals surface area contributed by atoms with Crippen LogP contribution in [0.4, 0.5) is 10.5 Å². The highest BCUT2D eigenvalue weighted by molar-refractivity contribution is 6.39. The molecule has 0 unspecified atom stereocenters. The van der Waals surface area contributed by atoms with Gasteiger partial charge in [0.25, 0.3) is 11.8 Å². The van der Waals surface area contributed by atoms with Crippen molar-refractivity contribution in [3.63, 3.8) is 0 Å². The Morgan fingerprint density at radius 2 is 1.61 bits per heavy atom. The molecule has 44 heavy (non-hydrogen) atoms. The summed E-state index contributed by atoms with van der Waals surface area (Å²) >= 11 is 0. The smallest absolute Gasteiger partial charge is 0.335 e. The molecule has 4 saturated carbocycles. The lowest BCUT2D eigenvalue weighted by atomic mass is 9.48. The number of urea groups is 1. The normalized spacial score (nSPS) is 26.5. The maximum atomic E-state index is 13.6. The van der Waals surface area contributed by atoms with Crippen LogP contribution in [0.15, 0.2) is 72.3 Å². The number of imide groups is 2. The van der Waals surface area contributed by atoms with E-state index in [4.69, 9.17) is 9.47 Å². The summed E-state index contributed by atoms with van der Waals surface area (Å²) in [5.74, 6) is 1.83. The van der Waals surface area contributed by atoms with E-state index in [2.05, 4.69) is 23.5 Å². The van der Waals surface area contributed by atoms with Gasteiger partial charge in [-0.3, -0.25) is 14.9 Å². The molecule has 8 heteroatoms. The van der Waals surface area contributed by atoms with Gasteiger partial charge in [-0.15, -0.1) is 0 Å². The number of nitriles is 1. The largest absolute Gasteiger partial charge is 0.493 e. The van der Waals surface area contributed by atoms with Gasteiger partial charge in [0.15, 0.2) is 11.5 Å². The van der Waals surface area contributed by atoms with E-state index < -0.39 is 17.8 Å². The third kappa shape index (κ3) is 4.92. The quantitative estimate of drug-likeness (QED) is 0.257. The van der Waals surface area contributed by atoms with Crippen molar-refractivity contribution in [1.82, 2.24) is 5.32 Å². The van der Waals surface area contributed by atoms with Crippen LogP contribution in [0.25, 0.3) is 6.08 Å². The van der Waals surface area contributed by atoms with Crippen molar-refractivity contribution in [2.75, 3.05) is 12.0 Å². The highest BCUT2D eigenvalue weighted by Gasteiger charge is 2.51. The van der Waals surface area contributed by atoms with Gasteiger partial charge in [0.05, 0.1) is 24.4 Å². The number of nitrogens with one attached hydrogen (secondary N) is 1. The third-order valence-electron chi connectivity index (χ3n) is 9.90. The molecule has 4 amide bonds. The number of barbiturate groups is 1. The van der Waals surface area contributed by atoms with E-state index in [1.165, 1.54) is 57.3 Å². The zero-order valence-electron chi connectivity index (χ0n) is 24.5. The van der Waals surface area contributed by atoms with Crippen molar-refractivity contribution in [2.45, 2.75) is 50.5 Å². The number of benzene rings is 3. The molecule has 222 valence electrons. The highest BCUT2D eigenvalue weighted by Crippen LogP contribution is 2.60. The van der Waals surface area contributed by atoms with Crippen molar-refractivity contribution in [1.29, 1.82) is 5.26 Å². The van der Waals surface area contributed by atoms with Crippen LogP contribution in [0.3, 0.4) is 0 Å². The van der Waals surface area contributed by atoms with Gasteiger partial charge in [-0.25, -0.2) is 9.69 Å². The molecule has 3 aromatic carbocycles. The van der Waals surface area contributed by atoms with E-state index in [1.807, 2.05) is 24.3 Å². The van der Waals surface area contributed by atoms with E-state index >= 15 is 0 Å². The van der Waals surface area contributed by atoms with E-state index in [0.29, 0.717) is 28.3 Å². The minimum absolute atomic E-state index is 0.159. The molecule has 3 aromatic rings. The first-order chi connectivity index (χ1) is 21.4. The van der Waals surface area contributed by atoms with Crippen molar-refractivity contribution < 1.29 is 23.9 Å². The Morgan fingerprint density at radius 3 is 2.27 bits per heavy atom. The Morgan fingerprint density at radius 1 is 0.932 bits per heavy atom. The van der Waals surface area contributed by atoms with E-state index in [0.717, 1.165) is 28.2 Å². The summed E-state index contributed by atoms with van der Waals surface area (Å²) in [5.41, 5.74) is 3.56. The molecule has 1 N–H and O–H groups in total. The predicted octanol–water partition coefficient (Wildman–Crippen LogP) is 6.28. The van der Waals surface area contributed by atoms with Gasteiger partial charge in [0.2, 0.25) is 0 Å². The zero-order valence-corrected chi connectivity index (χ0v) is 24.5. The molecule has 4 aliphatic carbocycles. The van der Waals surface area contributed by atoms with Crippen LogP contribution in [-0.2, 0) is 21.6 Å². The Kier molecular flexibility index (Phi) is 6.97. The van der Waals surface area contributed by atoms with Crippen molar-refractivity contribution >= 4 is 29.6 Å². The minimum atomic E-state index is -0.765. The summed E-state index contributed by atoms with van der Waals surface area (Å²) in [5, 5.41) is 11.7. The number of rotatable bonds is 7. The minimum Gasteiger partial charge on any atom is -0.493 e. The number of nitrogens with zero attached hydrogens (tertiary/aromatic N) is 2. The molecular formula is C36H33N3O5. The van der Waals surface area contributed by atoms with Crippen LogP contribution in [0.5, 0.6) is 11.5 Å². The number of carbonyl (C=O) groups is 3. The van der Waals surface area contributed by atoms with Gasteiger partial charge in [0.1, 0.15) is 12.2 Å². The van der Waals surface area contributed by atoms with E-state index in [1.54, 1.807) is 30.3 Å². The molecule has 5 fully saturated rings. The lowest BCUT2D eigenvalue weighted by Crippen LogP contribution is -2.54. The molecule has 8 rings (SSSR count). The number of carbonyl (C=O) groups excluding carboxylic acids is 3. The summed E-state index contributed by atoms with van der Waals surface area (Å²) in [6.45, 7) is 0.167. The van der Waals surface area contributed by atoms with E-state index in [-0.39, 0.29) is 17.6 Å². The van der Waals surface area contributed by atoms with Crippen LogP contribution in [0.1, 0.15) is 60.8 Å². The second kappa shape index (κ2) is 11.0. The molecule has 0 spiro atoms. The summed E-state index contributed by atoms with van der Waals surface area (Å²) in [4.78, 5) is 40.3. The van der Waals surface area contributed by atoms with Crippen LogP contribution < -0.4 is 19.7 Å². The fourth-order valence-electron chi connectivity index (χ4n) is 8.29. The van der Waals surface area contributed by atoms with Crippen LogP contribution >= 0.6 is 0 Å². The molecule has 0 radical (unpaired) electrons. The molecule has 1 saturated heterocycles. The average Bonchev–Trinajstić information content (AvgIpc) is 3.02. The van der Waals surface area contributed by atoms with Crippen LogP contribution in [0, 0.1) is 29.1 Å². The van der Waals surface area contributed by atoms with Crippen molar-refractivity contribution in [2.24, 2.45) is 17.8 Å². The predicted molar refractivity (Wildman–Crippen MR) is 164 cm³/mol. The van der Waals surface area contributed by atoms with E-state index in [9.17, 15) is 19.6 Å². The lowest BCUT2D eigenvalue weighted by Gasteiger charge is -2.57. The Balaban J connectivity index is 1.11. The molecule has 0 atom stereocenters. The number of anilines is 1. The Labute approximate surface area is 256 Å². The first-order valence-electron chi connectivity index (χ1n) is 15.2. The number of methoxy groups -OCH3 is 1. The van der Waals surface area contributed by atoms with Gasteiger partial charge < -0.3 is 9.47 Å². The molecular weight excluding hydrogens is 554 g/mol. The molecule has 1 heterocycles. The second-order valence-electron chi connectivity index (χ2n) is 12.7. The fraction of sp³-hybridized carbons (Fsp3) is 0.333. The first-order valence-corrected chi connectivity index (χ1v) is 15.2. The molecule has 5 aliphatic rings. The molecule has 8 nitrogen and oxygen atoms in total. The van der Waals surface area contributed by atoms with Crippen molar-refractivity contribution in [3.05, 3.63) is 94.6 Å². The number of hydrogen-bond donors (Lipinski definition) is 1. The maximum absolute atomic E-state index is 13.6. The average molecular weight is 588 g/mol. The summed E-state index contributed by atoms with van der Waals surface area (Å²) in [7, 11) is 1.49. The van der Waals surface area contributed by atoms with Crippen LogP contribution in [0.2, 0.25) is 0 Å². The number of hydrogen-bond acceptors (Lipinski definition) is 6. The van der Waals surface area contributed by atoms with Gasteiger partial charge >= 0.3 is 6.03 Å². The van der Waals surface area contributed by atoms with Gasteiger partial charge in [0, 0.05) is 5.56 Å². The molecule has 0 aromatic heterocycles. The summed E-state index contributed by atoms with van der Waals surface area (Å²) < 4.78 is 11.4. The van der Waals surface area contributed by atoms with Crippen LogP contribution in [-0.4, -0.2) is 25.0 Å².